The Morgan fingerprint density at radius 2 is 1.71 bits per heavy atom. The van der Waals surface area contributed by atoms with Crippen molar-refractivity contribution in [1.82, 2.24) is 9.88 Å². The fourth-order valence-electron chi connectivity index (χ4n) is 3.16. The van der Waals surface area contributed by atoms with Crippen LogP contribution < -0.4 is 4.90 Å². The Morgan fingerprint density at radius 3 is 2.36 bits per heavy atom. The number of hydrogen-bond donors (Lipinski definition) is 0. The molecule has 6 heteroatoms. The van der Waals surface area contributed by atoms with Gasteiger partial charge >= 0.3 is 0 Å². The smallest absolute Gasteiger partial charge is 0.233 e. The summed E-state index contributed by atoms with van der Waals surface area (Å²) < 4.78 is 1.13. The maximum Gasteiger partial charge on any atom is 0.233 e. The minimum absolute atomic E-state index is 0. The molecule has 0 saturated heterocycles. The summed E-state index contributed by atoms with van der Waals surface area (Å²) in [7, 11) is 0. The molecule has 0 fully saturated rings. The number of thiazole rings is 1. The van der Waals surface area contributed by atoms with Crippen molar-refractivity contribution in [2.45, 2.75) is 27.2 Å². The number of carbonyl (C=O) groups excluding carboxylic acids is 1. The molecule has 1 heterocycles. The molecule has 0 bridgehead atoms. The fraction of sp³-hybridized carbons (Fsp3) is 0.364. The fourth-order valence-corrected chi connectivity index (χ4v) is 4.25. The number of aromatic nitrogens is 1. The van der Waals surface area contributed by atoms with E-state index in [-0.39, 0.29) is 18.3 Å². The maximum atomic E-state index is 13.1. The Kier molecular flexibility index (Phi) is 8.42. The first kappa shape index (κ1) is 22.3. The predicted molar refractivity (Wildman–Crippen MR) is 122 cm³/mol. The number of rotatable bonds is 8. The Balaban J connectivity index is 0.00000280. The molecule has 2 aromatic carbocycles. The first-order chi connectivity index (χ1) is 13.1. The number of carbonyl (C=O) groups is 1. The molecule has 0 aliphatic heterocycles. The minimum Gasteiger partial charge on any atom is -0.302 e. The topological polar surface area (TPSA) is 36.4 Å². The van der Waals surface area contributed by atoms with E-state index in [9.17, 15) is 4.79 Å². The van der Waals surface area contributed by atoms with Crippen LogP contribution in [0.5, 0.6) is 0 Å². The summed E-state index contributed by atoms with van der Waals surface area (Å²) in [5.74, 6) is 0.102. The van der Waals surface area contributed by atoms with Gasteiger partial charge in [0.25, 0.3) is 0 Å². The molecule has 0 saturated carbocycles. The highest BCUT2D eigenvalue weighted by molar-refractivity contribution is 7.22. The molecule has 3 rings (SSSR count). The molecule has 0 aliphatic rings. The van der Waals surface area contributed by atoms with Crippen LogP contribution in [0.1, 0.15) is 25.0 Å². The van der Waals surface area contributed by atoms with Crippen LogP contribution in [0.25, 0.3) is 10.2 Å². The number of nitrogens with zero attached hydrogens (tertiary/aromatic N) is 3. The zero-order valence-corrected chi connectivity index (χ0v) is 18.4. The van der Waals surface area contributed by atoms with Crippen molar-refractivity contribution < 1.29 is 4.79 Å². The van der Waals surface area contributed by atoms with E-state index < -0.39 is 0 Å². The van der Waals surface area contributed by atoms with Crippen LogP contribution in [0, 0.1) is 6.92 Å². The van der Waals surface area contributed by atoms with Crippen LogP contribution in [0.15, 0.2) is 48.5 Å². The van der Waals surface area contributed by atoms with E-state index in [1.165, 1.54) is 0 Å². The number of halogens is 1. The van der Waals surface area contributed by atoms with Crippen molar-refractivity contribution in [3.05, 3.63) is 59.7 Å². The van der Waals surface area contributed by atoms with Gasteiger partial charge in [-0.25, -0.2) is 4.98 Å². The molecular formula is C22H28ClN3OS. The second-order valence-electron chi connectivity index (χ2n) is 6.65. The standard InChI is InChI=1S/C22H27N3OS.ClH/c1-4-24(5-2)14-15-25(20(26)16-18-11-7-6-8-12-18)22-23-21-17(3)10-9-13-19(21)27-22;/h6-13H,4-5,14-16H2,1-3H3;1H. The summed E-state index contributed by atoms with van der Waals surface area (Å²) >= 11 is 1.60. The molecule has 0 unspecified atom stereocenters. The number of fused-ring (bicyclic) bond motifs is 1. The Morgan fingerprint density at radius 1 is 1.00 bits per heavy atom. The van der Waals surface area contributed by atoms with Crippen molar-refractivity contribution in [1.29, 1.82) is 0 Å². The highest BCUT2D eigenvalue weighted by Gasteiger charge is 2.21. The summed E-state index contributed by atoms with van der Waals surface area (Å²) in [6, 6.07) is 16.1. The lowest BCUT2D eigenvalue weighted by Gasteiger charge is -2.24. The summed E-state index contributed by atoms with van der Waals surface area (Å²) in [5.41, 5.74) is 3.18. The van der Waals surface area contributed by atoms with E-state index >= 15 is 0 Å². The number of hydrogen-bond acceptors (Lipinski definition) is 4. The van der Waals surface area contributed by atoms with Gasteiger partial charge in [-0.2, -0.15) is 0 Å². The van der Waals surface area contributed by atoms with Crippen LogP contribution in [-0.2, 0) is 11.2 Å². The van der Waals surface area contributed by atoms with Crippen molar-refractivity contribution in [2.75, 3.05) is 31.1 Å². The largest absolute Gasteiger partial charge is 0.302 e. The SMILES string of the molecule is CCN(CC)CCN(C(=O)Cc1ccccc1)c1nc2c(C)cccc2s1.Cl. The van der Waals surface area contributed by atoms with Crippen molar-refractivity contribution >= 4 is 45.0 Å². The highest BCUT2D eigenvalue weighted by Crippen LogP contribution is 2.31. The van der Waals surface area contributed by atoms with Crippen molar-refractivity contribution in [3.8, 4) is 0 Å². The average molecular weight is 418 g/mol. The lowest BCUT2D eigenvalue weighted by atomic mass is 10.1. The van der Waals surface area contributed by atoms with Gasteiger partial charge in [-0.3, -0.25) is 9.69 Å². The van der Waals surface area contributed by atoms with E-state index in [1.54, 1.807) is 11.3 Å². The molecule has 4 nitrogen and oxygen atoms in total. The van der Waals surface area contributed by atoms with E-state index in [2.05, 4.69) is 37.8 Å². The number of anilines is 1. The highest BCUT2D eigenvalue weighted by atomic mass is 35.5. The average Bonchev–Trinajstić information content (AvgIpc) is 3.11. The van der Waals surface area contributed by atoms with Gasteiger partial charge in [0.1, 0.15) is 0 Å². The molecule has 0 N–H and O–H groups in total. The monoisotopic (exact) mass is 417 g/mol. The van der Waals surface area contributed by atoms with Gasteiger partial charge in [0.2, 0.25) is 5.91 Å². The van der Waals surface area contributed by atoms with Crippen LogP contribution in [0.2, 0.25) is 0 Å². The number of amides is 1. The third kappa shape index (κ3) is 5.31. The number of benzene rings is 2. The molecule has 1 aromatic heterocycles. The molecule has 0 atom stereocenters. The number of para-hydroxylation sites is 1. The van der Waals surface area contributed by atoms with Crippen LogP contribution in [0.4, 0.5) is 5.13 Å². The lowest BCUT2D eigenvalue weighted by molar-refractivity contribution is -0.118. The summed E-state index contributed by atoms with van der Waals surface area (Å²) in [6.07, 6.45) is 0.397. The maximum absolute atomic E-state index is 13.1. The van der Waals surface area contributed by atoms with Gasteiger partial charge < -0.3 is 4.90 Å². The van der Waals surface area contributed by atoms with Crippen LogP contribution in [-0.4, -0.2) is 42.0 Å². The van der Waals surface area contributed by atoms with E-state index in [1.807, 2.05) is 41.3 Å². The first-order valence-corrected chi connectivity index (χ1v) is 10.4. The molecule has 28 heavy (non-hydrogen) atoms. The second kappa shape index (κ2) is 10.6. The predicted octanol–water partition coefficient (Wildman–Crippen LogP) is 4.94. The zero-order valence-electron chi connectivity index (χ0n) is 16.7. The van der Waals surface area contributed by atoms with Gasteiger partial charge in [-0.1, -0.05) is 67.6 Å². The third-order valence-corrected chi connectivity index (χ3v) is 5.92. The molecule has 0 radical (unpaired) electrons. The molecule has 3 aromatic rings. The zero-order chi connectivity index (χ0) is 19.2. The van der Waals surface area contributed by atoms with E-state index in [0.717, 1.165) is 46.1 Å². The normalized spacial score (nSPS) is 10.9. The Hall–Kier alpha value is -1.95. The van der Waals surface area contributed by atoms with Gasteiger partial charge in [0.05, 0.1) is 16.6 Å². The summed E-state index contributed by atoms with van der Waals surface area (Å²) in [6.45, 7) is 9.85. The van der Waals surface area contributed by atoms with Crippen LogP contribution in [0.3, 0.4) is 0 Å². The molecule has 1 amide bonds. The van der Waals surface area contributed by atoms with Gasteiger partial charge in [-0.15, -0.1) is 12.4 Å². The molecule has 0 spiro atoms. The van der Waals surface area contributed by atoms with Gasteiger partial charge in [-0.05, 0) is 37.2 Å². The van der Waals surface area contributed by atoms with Crippen molar-refractivity contribution in [2.24, 2.45) is 0 Å². The Bertz CT molecular complexity index is 893. The first-order valence-electron chi connectivity index (χ1n) is 9.55. The van der Waals surface area contributed by atoms with Crippen molar-refractivity contribution in [3.63, 3.8) is 0 Å². The molecule has 0 aliphatic carbocycles. The summed E-state index contributed by atoms with van der Waals surface area (Å²) in [5, 5.41) is 0.799. The quantitative estimate of drug-likeness (QED) is 0.520. The summed E-state index contributed by atoms with van der Waals surface area (Å²) in [4.78, 5) is 22.2. The molecule has 150 valence electrons. The number of likely N-dealkylation sites (N-methyl/N-ethyl adjacent to an activating group) is 1. The van der Waals surface area contributed by atoms with Gasteiger partial charge in [0.15, 0.2) is 5.13 Å². The van der Waals surface area contributed by atoms with E-state index in [4.69, 9.17) is 4.98 Å². The second-order valence-corrected chi connectivity index (χ2v) is 7.66. The lowest BCUT2D eigenvalue weighted by Crippen LogP contribution is -2.39. The number of aryl methyl sites for hydroxylation is 1. The Labute approximate surface area is 177 Å². The van der Waals surface area contributed by atoms with Crippen LogP contribution >= 0.6 is 23.7 Å². The van der Waals surface area contributed by atoms with Gasteiger partial charge in [0, 0.05) is 13.1 Å². The molecular weight excluding hydrogens is 390 g/mol. The third-order valence-electron chi connectivity index (χ3n) is 4.87. The minimum atomic E-state index is 0. The van der Waals surface area contributed by atoms with E-state index in [0.29, 0.717) is 13.0 Å².